The molecule has 3 heterocycles. The molecule has 1 aliphatic rings. The van der Waals surface area contributed by atoms with E-state index in [2.05, 4.69) is 39.9 Å². The third-order valence-corrected chi connectivity index (χ3v) is 5.51. The second kappa shape index (κ2) is 9.37. The van der Waals surface area contributed by atoms with E-state index in [9.17, 15) is 9.59 Å². The van der Waals surface area contributed by atoms with E-state index in [1.54, 1.807) is 30.8 Å². The first-order valence-electron chi connectivity index (χ1n) is 10.1. The van der Waals surface area contributed by atoms with Crippen molar-refractivity contribution >= 4 is 11.8 Å². The molecule has 0 saturated heterocycles. The number of hydrogen-bond donors (Lipinski definition) is 3. The predicted molar refractivity (Wildman–Crippen MR) is 110 cm³/mol. The Balaban J connectivity index is 1.37. The Kier molecular flexibility index (Phi) is 6.20. The minimum Gasteiger partial charge on any atom is -0.463 e. The maximum atomic E-state index is 12.3. The van der Waals surface area contributed by atoms with Crippen molar-refractivity contribution < 1.29 is 18.9 Å². The summed E-state index contributed by atoms with van der Waals surface area (Å²) in [7, 11) is 0. The van der Waals surface area contributed by atoms with Gasteiger partial charge >= 0.3 is 11.8 Å². The lowest BCUT2D eigenvalue weighted by molar-refractivity contribution is -0.946. The molecule has 0 fully saturated rings. The number of aromatic nitrogens is 1. The zero-order valence-electron chi connectivity index (χ0n) is 16.6. The molecule has 30 heavy (non-hydrogen) atoms. The second-order valence-corrected chi connectivity index (χ2v) is 7.42. The summed E-state index contributed by atoms with van der Waals surface area (Å²) < 4.78 is 5.66. The van der Waals surface area contributed by atoms with Crippen molar-refractivity contribution in [2.75, 3.05) is 13.1 Å². The highest BCUT2D eigenvalue weighted by Gasteiger charge is 2.31. The van der Waals surface area contributed by atoms with Gasteiger partial charge in [0.1, 0.15) is 6.54 Å². The third kappa shape index (κ3) is 4.75. The number of carbonyl (C=O) groups excluding carboxylic acids is 2. The molecule has 0 bridgehead atoms. The molecule has 2 amide bonds. The number of amides is 2. The van der Waals surface area contributed by atoms with Crippen LogP contribution in [0.4, 0.5) is 0 Å². The second-order valence-electron chi connectivity index (χ2n) is 7.42. The molecule has 2 aromatic heterocycles. The van der Waals surface area contributed by atoms with Gasteiger partial charge in [0.15, 0.2) is 11.8 Å². The van der Waals surface area contributed by atoms with Crippen LogP contribution in [0.25, 0.3) is 0 Å². The predicted octanol–water partition coefficient (Wildman–Crippen LogP) is 0.790. The lowest BCUT2D eigenvalue weighted by Crippen LogP contribution is -3.12. The van der Waals surface area contributed by atoms with E-state index in [1.165, 1.54) is 16.0 Å². The Morgan fingerprint density at radius 2 is 1.77 bits per heavy atom. The molecule has 1 aromatic carbocycles. The molecule has 7 nitrogen and oxygen atoms in total. The van der Waals surface area contributed by atoms with Crippen LogP contribution in [0.15, 0.2) is 71.6 Å². The average Bonchev–Trinajstić information content (AvgIpc) is 3.32. The first kappa shape index (κ1) is 19.8. The number of rotatable bonds is 6. The van der Waals surface area contributed by atoms with Crippen LogP contribution in [0.5, 0.6) is 0 Å². The van der Waals surface area contributed by atoms with Gasteiger partial charge in [0.25, 0.3) is 0 Å². The van der Waals surface area contributed by atoms with Crippen molar-refractivity contribution in [3.63, 3.8) is 0 Å². The highest BCUT2D eigenvalue weighted by Crippen LogP contribution is 2.15. The number of nitrogens with zero attached hydrogens (tertiary/aromatic N) is 1. The first-order valence-corrected chi connectivity index (χ1v) is 10.1. The minimum absolute atomic E-state index is 0.0645. The maximum absolute atomic E-state index is 12.3. The summed E-state index contributed by atoms with van der Waals surface area (Å²) in [5, 5.41) is 5.42. The summed E-state index contributed by atoms with van der Waals surface area (Å²) in [4.78, 5) is 29.8. The van der Waals surface area contributed by atoms with Gasteiger partial charge < -0.3 is 20.0 Å². The fourth-order valence-corrected chi connectivity index (χ4v) is 3.87. The molecule has 0 spiro atoms. The van der Waals surface area contributed by atoms with Crippen molar-refractivity contribution in [1.29, 1.82) is 0 Å². The molecular weight excluding hydrogens is 380 g/mol. The normalized spacial score (nSPS) is 16.3. The molecule has 3 N–H and O–H groups in total. The van der Waals surface area contributed by atoms with Gasteiger partial charge in [-0.15, -0.1) is 0 Å². The van der Waals surface area contributed by atoms with Crippen molar-refractivity contribution in [3.05, 3.63) is 89.6 Å². The third-order valence-electron chi connectivity index (χ3n) is 5.51. The Bertz CT molecular complexity index is 989. The monoisotopic (exact) mass is 405 g/mol. The minimum atomic E-state index is -0.649. The van der Waals surface area contributed by atoms with Gasteiger partial charge in [0.05, 0.1) is 19.4 Å². The summed E-state index contributed by atoms with van der Waals surface area (Å²) in [6.45, 7) is 2.40. The number of fused-ring (bicyclic) bond motifs is 1. The van der Waals surface area contributed by atoms with Crippen molar-refractivity contribution in [2.24, 2.45) is 0 Å². The quantitative estimate of drug-likeness (QED) is 0.529. The summed E-state index contributed by atoms with van der Waals surface area (Å²) in [5.74, 6) is -0.483. The smallest absolute Gasteiger partial charge is 0.309 e. The molecule has 0 aliphatic carbocycles. The Hall–Kier alpha value is -3.45. The molecule has 2 atom stereocenters. The van der Waals surface area contributed by atoms with Crippen molar-refractivity contribution in [1.82, 2.24) is 15.6 Å². The highest BCUT2D eigenvalue weighted by atomic mass is 16.3. The molecular formula is C23H25N4O3+. The Morgan fingerprint density at radius 1 is 1.00 bits per heavy atom. The number of pyridine rings is 1. The number of furan rings is 1. The van der Waals surface area contributed by atoms with Gasteiger partial charge in [-0.05, 0) is 35.4 Å². The standard InChI is InChI=1S/C23H24N4O3/c28-22(25-14-17-7-10-24-11-8-17)23(29)26-15-20(21-6-3-13-30-21)27-12-9-18-4-1-2-5-19(18)16-27/h1-8,10-11,13,20H,9,12,14-16H2,(H,25,28)(H,26,29)/p+1/t20-/m1/s1. The maximum Gasteiger partial charge on any atom is 0.309 e. The molecule has 7 heteroatoms. The Morgan fingerprint density at radius 3 is 2.53 bits per heavy atom. The SMILES string of the molecule is O=C(NCc1ccncc1)C(=O)NC[C@H](c1ccco1)[NH+]1CCc2ccccc2C1. The molecule has 1 unspecified atom stereocenters. The zero-order chi connectivity index (χ0) is 20.8. The largest absolute Gasteiger partial charge is 0.463 e. The van der Waals surface area contributed by atoms with Gasteiger partial charge in [-0.1, -0.05) is 24.3 Å². The topological polar surface area (TPSA) is 88.7 Å². The van der Waals surface area contributed by atoms with Crippen LogP contribution in [0.2, 0.25) is 0 Å². The van der Waals surface area contributed by atoms with Crippen LogP contribution in [0.3, 0.4) is 0 Å². The number of nitrogens with one attached hydrogen (secondary N) is 3. The number of hydrogen-bond acceptors (Lipinski definition) is 4. The lowest BCUT2D eigenvalue weighted by Gasteiger charge is -2.31. The van der Waals surface area contributed by atoms with Crippen LogP contribution in [0, 0.1) is 0 Å². The van der Waals surface area contributed by atoms with E-state index in [0.29, 0.717) is 6.54 Å². The van der Waals surface area contributed by atoms with E-state index in [-0.39, 0.29) is 12.6 Å². The van der Waals surface area contributed by atoms with Crippen molar-refractivity contribution in [2.45, 2.75) is 25.6 Å². The lowest BCUT2D eigenvalue weighted by atomic mass is 9.98. The van der Waals surface area contributed by atoms with Gasteiger partial charge in [-0.3, -0.25) is 14.6 Å². The molecule has 154 valence electrons. The van der Waals surface area contributed by atoms with Crippen molar-refractivity contribution in [3.8, 4) is 0 Å². The van der Waals surface area contributed by atoms with Crippen LogP contribution in [-0.4, -0.2) is 29.9 Å². The van der Waals surface area contributed by atoms with E-state index in [0.717, 1.165) is 30.8 Å². The van der Waals surface area contributed by atoms with Crippen LogP contribution < -0.4 is 15.5 Å². The molecule has 1 aliphatic heterocycles. The number of benzene rings is 1. The van der Waals surface area contributed by atoms with E-state index in [1.807, 2.05) is 12.1 Å². The number of carbonyl (C=O) groups is 2. The molecule has 3 aromatic rings. The van der Waals surface area contributed by atoms with Gasteiger partial charge in [-0.25, -0.2) is 0 Å². The fourth-order valence-electron chi connectivity index (χ4n) is 3.87. The average molecular weight is 405 g/mol. The van der Waals surface area contributed by atoms with Gasteiger partial charge in [0, 0.05) is 30.9 Å². The van der Waals surface area contributed by atoms with Crippen LogP contribution in [0.1, 0.15) is 28.5 Å². The van der Waals surface area contributed by atoms with E-state index < -0.39 is 11.8 Å². The highest BCUT2D eigenvalue weighted by molar-refractivity contribution is 6.35. The molecule has 0 radical (unpaired) electrons. The van der Waals surface area contributed by atoms with E-state index in [4.69, 9.17) is 4.42 Å². The zero-order valence-corrected chi connectivity index (χ0v) is 16.6. The first-order chi connectivity index (χ1) is 14.7. The molecule has 4 rings (SSSR count). The summed E-state index contributed by atoms with van der Waals surface area (Å²) in [6.07, 6.45) is 5.91. The van der Waals surface area contributed by atoms with E-state index >= 15 is 0 Å². The number of quaternary nitrogens is 1. The van der Waals surface area contributed by atoms with Gasteiger partial charge in [0.2, 0.25) is 0 Å². The molecule has 0 saturated carbocycles. The Labute approximate surface area is 175 Å². The summed E-state index contributed by atoms with van der Waals surface area (Å²) in [6, 6.07) is 15.7. The summed E-state index contributed by atoms with van der Waals surface area (Å²) in [5.41, 5.74) is 3.58. The fraction of sp³-hybridized carbons (Fsp3) is 0.261. The van der Waals surface area contributed by atoms with Crippen LogP contribution in [-0.2, 0) is 29.1 Å². The van der Waals surface area contributed by atoms with Crippen LogP contribution >= 0.6 is 0 Å². The van der Waals surface area contributed by atoms with Gasteiger partial charge in [-0.2, -0.15) is 0 Å². The summed E-state index contributed by atoms with van der Waals surface area (Å²) >= 11 is 0.